The van der Waals surface area contributed by atoms with Gasteiger partial charge in [0, 0.05) is 18.8 Å². The summed E-state index contributed by atoms with van der Waals surface area (Å²) in [4.78, 5) is 27.4. The summed E-state index contributed by atoms with van der Waals surface area (Å²) in [5, 5.41) is 118. The molecule has 25 unspecified atom stereocenters. The van der Waals surface area contributed by atoms with Crippen LogP contribution >= 0.6 is 0 Å². The third-order valence-electron chi connectivity index (χ3n) is 19.7. The van der Waals surface area contributed by atoms with Gasteiger partial charge in [-0.15, -0.1) is 0 Å². The van der Waals surface area contributed by atoms with Gasteiger partial charge in [0.15, 0.2) is 18.7 Å². The van der Waals surface area contributed by atoms with E-state index < -0.39 is 157 Å². The van der Waals surface area contributed by atoms with Crippen LogP contribution in [0.2, 0.25) is 0 Å². The van der Waals surface area contributed by atoms with Gasteiger partial charge in [0.25, 0.3) is 0 Å². The van der Waals surface area contributed by atoms with E-state index in [0.717, 1.165) is 24.8 Å². The van der Waals surface area contributed by atoms with Crippen LogP contribution in [-0.4, -0.2) is 192 Å². The summed E-state index contributed by atoms with van der Waals surface area (Å²) in [5.41, 5.74) is -3.75. The fourth-order valence-corrected chi connectivity index (χ4v) is 15.4. The standard InChI is InChI=1S/C49H78O20/c1-21-24(53)17-49(43(61)69-41-36(60)34(58)32(56)27(19-51)66-41)16-15-46(6)23(39(49)48(21,8)62)9-10-29-45(5)13-12-30(44(3,4)28(45)11-14-47(29,46)7)67-42-38(64-22(2)52)37(25(54)20-63-42)68-40-35(59)33(57)31(55)26(18-50)65-40/h9,21,24-42,50-51,53-60,62H,10-20H2,1-8H3. The molecule has 69 heavy (non-hydrogen) atoms. The summed E-state index contributed by atoms with van der Waals surface area (Å²) in [5.74, 6) is -2.74. The van der Waals surface area contributed by atoms with E-state index in [0.29, 0.717) is 19.3 Å². The number of ether oxygens (including phenoxy) is 7. The molecule has 0 aromatic heterocycles. The zero-order valence-electron chi connectivity index (χ0n) is 41.0. The second-order valence-corrected chi connectivity index (χ2v) is 23.4. The van der Waals surface area contributed by atoms with E-state index in [1.807, 2.05) is 0 Å². The monoisotopic (exact) mass is 987 g/mol. The molecule has 0 bridgehead atoms. The van der Waals surface area contributed by atoms with E-state index in [9.17, 15) is 65.8 Å². The number of aliphatic hydroxyl groups excluding tert-OH is 10. The van der Waals surface area contributed by atoms with Gasteiger partial charge in [-0.1, -0.05) is 53.2 Å². The maximum Gasteiger partial charge on any atom is 0.315 e. The summed E-state index contributed by atoms with van der Waals surface area (Å²) >= 11 is 0. The molecule has 4 saturated carbocycles. The summed E-state index contributed by atoms with van der Waals surface area (Å²) in [7, 11) is 0. The van der Waals surface area contributed by atoms with E-state index >= 15 is 0 Å². The summed E-state index contributed by atoms with van der Waals surface area (Å²) in [6.45, 7) is 14.1. The van der Waals surface area contributed by atoms with Gasteiger partial charge in [-0.05, 0) is 91.8 Å². The summed E-state index contributed by atoms with van der Waals surface area (Å²) in [6.07, 6.45) is -16.8. The van der Waals surface area contributed by atoms with Crippen molar-refractivity contribution >= 4 is 11.9 Å². The predicted octanol–water partition coefficient (Wildman–Crippen LogP) is -0.708. The van der Waals surface area contributed by atoms with Crippen LogP contribution in [0.5, 0.6) is 0 Å². The molecular weight excluding hydrogens is 909 g/mol. The molecule has 0 spiro atoms. The number of carbonyl (C=O) groups is 2. The molecule has 5 aliphatic carbocycles. The van der Waals surface area contributed by atoms with E-state index in [1.165, 1.54) is 6.92 Å². The Balaban J connectivity index is 1.05. The van der Waals surface area contributed by atoms with Crippen molar-refractivity contribution in [2.75, 3.05) is 19.8 Å². The Labute approximate surface area is 402 Å². The van der Waals surface area contributed by atoms with E-state index in [1.54, 1.807) is 13.8 Å². The first kappa shape index (κ1) is 53.3. The predicted molar refractivity (Wildman–Crippen MR) is 236 cm³/mol. The Bertz CT molecular complexity index is 1930. The molecule has 3 saturated heterocycles. The van der Waals surface area contributed by atoms with Crippen molar-refractivity contribution < 1.29 is 98.9 Å². The van der Waals surface area contributed by atoms with Crippen molar-refractivity contribution in [3.8, 4) is 0 Å². The van der Waals surface area contributed by atoms with E-state index in [2.05, 4.69) is 40.7 Å². The zero-order chi connectivity index (χ0) is 50.7. The first-order chi connectivity index (χ1) is 32.2. The lowest BCUT2D eigenvalue weighted by atomic mass is 9.33. The Morgan fingerprint density at radius 1 is 0.696 bits per heavy atom. The third-order valence-corrected chi connectivity index (χ3v) is 19.7. The largest absolute Gasteiger partial charge is 0.454 e. The van der Waals surface area contributed by atoms with Gasteiger partial charge in [0.2, 0.25) is 6.29 Å². The number of fused-ring (bicyclic) bond motifs is 7. The molecule has 394 valence electrons. The topological polar surface area (TPSA) is 321 Å². The van der Waals surface area contributed by atoms with Gasteiger partial charge in [0.05, 0.1) is 43.0 Å². The Morgan fingerprint density at radius 3 is 1.91 bits per heavy atom. The van der Waals surface area contributed by atoms with E-state index in [4.69, 9.17) is 33.2 Å². The molecule has 20 nitrogen and oxygen atoms in total. The van der Waals surface area contributed by atoms with Crippen molar-refractivity contribution in [2.24, 2.45) is 50.7 Å². The molecule has 0 amide bonds. The second kappa shape index (κ2) is 18.8. The molecule has 7 fully saturated rings. The van der Waals surface area contributed by atoms with Crippen molar-refractivity contribution in [3.05, 3.63) is 11.6 Å². The van der Waals surface area contributed by atoms with Crippen LogP contribution in [0.15, 0.2) is 11.6 Å². The van der Waals surface area contributed by atoms with Gasteiger partial charge < -0.3 is 89.3 Å². The minimum absolute atomic E-state index is 0.0310. The van der Waals surface area contributed by atoms with E-state index in [-0.39, 0.29) is 42.1 Å². The van der Waals surface area contributed by atoms with Crippen molar-refractivity contribution in [2.45, 2.75) is 211 Å². The highest BCUT2D eigenvalue weighted by Crippen LogP contribution is 2.76. The smallest absolute Gasteiger partial charge is 0.315 e. The summed E-state index contributed by atoms with van der Waals surface area (Å²) < 4.78 is 41.6. The molecule has 8 rings (SSSR count). The Hall–Kier alpha value is -1.96. The zero-order valence-corrected chi connectivity index (χ0v) is 41.0. The molecule has 0 aromatic carbocycles. The molecule has 8 aliphatic rings. The SMILES string of the molecule is CC(=O)OC1C(OC2CCC3(C)C(CCC4(C)C3CC=C3C5C(C(=O)OC6OC(CO)C(O)C(O)C6O)(CCC34C)CC(O)C(C)C5(C)O)C2(C)C)OCC(O)C1OC1OC(CO)C(O)C(O)C1O. The second-order valence-electron chi connectivity index (χ2n) is 23.4. The molecule has 25 atom stereocenters. The van der Waals surface area contributed by atoms with Crippen LogP contribution < -0.4 is 0 Å². The molecular formula is C49H78O20. The Kier molecular flexibility index (Phi) is 14.5. The highest BCUT2D eigenvalue weighted by molar-refractivity contribution is 5.79. The number of hydrogen-bond acceptors (Lipinski definition) is 20. The van der Waals surface area contributed by atoms with Crippen LogP contribution in [0.1, 0.15) is 107 Å². The number of carbonyl (C=O) groups excluding carboxylic acids is 2. The van der Waals surface area contributed by atoms with Gasteiger partial charge in [-0.2, -0.15) is 0 Å². The van der Waals surface area contributed by atoms with Crippen LogP contribution in [0, 0.1) is 50.7 Å². The lowest BCUT2D eigenvalue weighted by Crippen LogP contribution is -2.70. The first-order valence-corrected chi connectivity index (χ1v) is 24.9. The lowest BCUT2D eigenvalue weighted by Gasteiger charge is -2.72. The lowest BCUT2D eigenvalue weighted by molar-refractivity contribution is -0.357. The number of allylic oxidation sites excluding steroid dienone is 1. The van der Waals surface area contributed by atoms with Crippen LogP contribution in [0.25, 0.3) is 0 Å². The van der Waals surface area contributed by atoms with Crippen molar-refractivity contribution in [3.63, 3.8) is 0 Å². The molecule has 0 radical (unpaired) electrons. The van der Waals surface area contributed by atoms with Gasteiger partial charge >= 0.3 is 11.9 Å². The minimum atomic E-state index is -1.83. The highest BCUT2D eigenvalue weighted by atomic mass is 16.8. The third kappa shape index (κ3) is 8.26. The van der Waals surface area contributed by atoms with Crippen molar-refractivity contribution in [1.29, 1.82) is 0 Å². The quantitative estimate of drug-likeness (QED) is 0.0773. The van der Waals surface area contributed by atoms with Gasteiger partial charge in [-0.25, -0.2) is 0 Å². The van der Waals surface area contributed by atoms with Crippen LogP contribution in [-0.2, 0) is 42.7 Å². The number of rotatable bonds is 9. The molecule has 20 heteroatoms. The fraction of sp³-hybridized carbons (Fsp3) is 0.918. The normalized spacial score (nSPS) is 53.9. The summed E-state index contributed by atoms with van der Waals surface area (Å²) in [6, 6.07) is 0. The van der Waals surface area contributed by atoms with Gasteiger partial charge in [-0.3, -0.25) is 9.59 Å². The molecule has 3 heterocycles. The number of esters is 2. The van der Waals surface area contributed by atoms with Crippen LogP contribution in [0.3, 0.4) is 0 Å². The Morgan fingerprint density at radius 2 is 1.30 bits per heavy atom. The average Bonchev–Trinajstić information content (AvgIpc) is 3.28. The molecule has 11 N–H and O–H groups in total. The van der Waals surface area contributed by atoms with Gasteiger partial charge in [0.1, 0.15) is 61.0 Å². The fourth-order valence-electron chi connectivity index (χ4n) is 15.4. The number of aliphatic hydroxyl groups is 11. The molecule has 0 aromatic rings. The first-order valence-electron chi connectivity index (χ1n) is 24.9. The number of hydrogen-bond donors (Lipinski definition) is 11. The maximum absolute atomic E-state index is 14.8. The maximum atomic E-state index is 14.8. The van der Waals surface area contributed by atoms with Crippen LogP contribution in [0.4, 0.5) is 0 Å². The minimum Gasteiger partial charge on any atom is -0.454 e. The molecule has 3 aliphatic heterocycles. The average molecular weight is 987 g/mol. The van der Waals surface area contributed by atoms with Crippen molar-refractivity contribution in [1.82, 2.24) is 0 Å². The highest BCUT2D eigenvalue weighted by Gasteiger charge is 2.73.